The van der Waals surface area contributed by atoms with Crippen molar-refractivity contribution in [2.75, 3.05) is 82.1 Å². The molecule has 0 aliphatic carbocycles. The van der Waals surface area contributed by atoms with Crippen LogP contribution in [0.4, 0.5) is 29.2 Å². The van der Waals surface area contributed by atoms with Gasteiger partial charge in [0.1, 0.15) is 36.0 Å². The van der Waals surface area contributed by atoms with Crippen LogP contribution in [0.3, 0.4) is 0 Å². The Hall–Kier alpha value is -6.61. The van der Waals surface area contributed by atoms with E-state index in [9.17, 15) is 28.3 Å². The van der Waals surface area contributed by atoms with Crippen LogP contribution in [-0.4, -0.2) is 136 Å². The van der Waals surface area contributed by atoms with Gasteiger partial charge in [-0.15, -0.1) is 0 Å². The predicted molar refractivity (Wildman–Crippen MR) is 234 cm³/mol. The zero-order valence-electron chi connectivity index (χ0n) is 34.8. The van der Waals surface area contributed by atoms with Crippen molar-refractivity contribution in [1.82, 2.24) is 28.9 Å². The smallest absolute Gasteiger partial charge is 0.341 e. The van der Waals surface area contributed by atoms with Gasteiger partial charge in [-0.1, -0.05) is 19.3 Å². The number of alkyl halides is 2. The number of hydrogen-bond acceptors (Lipinski definition) is 10. The molecular weight excluding hydrogens is 829 g/mol. The Morgan fingerprint density at radius 2 is 1.33 bits per heavy atom. The number of aromatic nitrogens is 4. The number of guanidine groups is 2. The van der Waals surface area contributed by atoms with Gasteiger partial charge in [-0.2, -0.15) is 4.99 Å². The van der Waals surface area contributed by atoms with Gasteiger partial charge >= 0.3 is 5.97 Å². The van der Waals surface area contributed by atoms with Crippen LogP contribution in [0.15, 0.2) is 50.2 Å². The molecule has 6 rings (SSSR count). The van der Waals surface area contributed by atoms with Gasteiger partial charge in [0, 0.05) is 89.5 Å². The summed E-state index contributed by atoms with van der Waals surface area (Å²) < 4.78 is 59.4. The van der Waals surface area contributed by atoms with Crippen molar-refractivity contribution in [2.45, 2.75) is 58.0 Å². The largest absolute Gasteiger partial charge is 0.477 e. The maximum Gasteiger partial charge on any atom is 0.341 e. The average molecular weight is 881 g/mol. The van der Waals surface area contributed by atoms with Gasteiger partial charge in [0.2, 0.25) is 11.4 Å². The van der Waals surface area contributed by atoms with Crippen molar-refractivity contribution in [3.63, 3.8) is 0 Å². The number of anilines is 2. The van der Waals surface area contributed by atoms with E-state index in [4.69, 9.17) is 22.3 Å². The Morgan fingerprint density at radius 1 is 0.778 bits per heavy atom. The van der Waals surface area contributed by atoms with Gasteiger partial charge < -0.3 is 50.7 Å². The highest BCUT2D eigenvalue weighted by Gasteiger charge is 2.26. The number of aryl methyl sites for hydroxylation is 2. The van der Waals surface area contributed by atoms with Crippen molar-refractivity contribution in [2.24, 2.45) is 21.5 Å². The zero-order valence-corrected chi connectivity index (χ0v) is 34.8. The first-order chi connectivity index (χ1) is 30.3. The number of carboxylic acids is 1. The molecule has 4 aromatic rings. The number of aromatic carboxylic acids is 1. The molecule has 4 aromatic heterocycles. The molecule has 0 unspecified atom stereocenters. The molecule has 2 aliphatic rings. The second-order valence-corrected chi connectivity index (χ2v) is 15.4. The highest BCUT2D eigenvalue weighted by Crippen LogP contribution is 2.24. The van der Waals surface area contributed by atoms with Crippen LogP contribution in [0.2, 0.25) is 0 Å². The molecule has 18 nitrogen and oxygen atoms in total. The molecule has 0 bridgehead atoms. The van der Waals surface area contributed by atoms with Crippen LogP contribution in [0.1, 0.15) is 55.3 Å². The molecule has 0 aromatic carbocycles. The first kappa shape index (κ1) is 45.9. The summed E-state index contributed by atoms with van der Waals surface area (Å²) in [6, 6.07) is 3.36. The highest BCUT2D eigenvalue weighted by molar-refractivity contribution is 6.00. The summed E-state index contributed by atoms with van der Waals surface area (Å²) in [5.74, 6) is -2.39. The summed E-state index contributed by atoms with van der Waals surface area (Å²) in [6.07, 6.45) is 7.62. The molecule has 22 heteroatoms. The number of piperazine rings is 2. The van der Waals surface area contributed by atoms with Gasteiger partial charge in [-0.3, -0.25) is 20.0 Å². The third-order valence-corrected chi connectivity index (χ3v) is 11.1. The lowest BCUT2D eigenvalue weighted by Crippen LogP contribution is -2.52. The molecule has 338 valence electrons. The summed E-state index contributed by atoms with van der Waals surface area (Å²) in [6.45, 7) is 1.64. The summed E-state index contributed by atoms with van der Waals surface area (Å²) in [5, 5.41) is 26.2. The summed E-state index contributed by atoms with van der Waals surface area (Å²) in [4.78, 5) is 60.8. The predicted octanol–water partition coefficient (Wildman–Crippen LogP) is 3.32. The number of carbonyl (C=O) groups is 1. The Morgan fingerprint density at radius 3 is 1.95 bits per heavy atom. The van der Waals surface area contributed by atoms with Gasteiger partial charge in [0.25, 0.3) is 0 Å². The highest BCUT2D eigenvalue weighted by atomic mass is 19.1. The second-order valence-electron chi connectivity index (χ2n) is 15.4. The third kappa shape index (κ3) is 11.1. The van der Waals surface area contributed by atoms with E-state index in [1.165, 1.54) is 21.4 Å². The molecule has 0 atom stereocenters. The minimum Gasteiger partial charge on any atom is -0.477 e. The quantitative estimate of drug-likeness (QED) is 0.0444. The summed E-state index contributed by atoms with van der Waals surface area (Å²) >= 11 is 0. The number of unbranched alkanes of at least 4 members (excludes halogenated alkanes) is 4. The van der Waals surface area contributed by atoms with Crippen LogP contribution in [0.5, 0.6) is 0 Å². The van der Waals surface area contributed by atoms with Crippen LogP contribution in [-0.2, 0) is 13.1 Å². The van der Waals surface area contributed by atoms with E-state index in [1.807, 2.05) is 4.90 Å². The van der Waals surface area contributed by atoms with Gasteiger partial charge in [0.05, 0.1) is 23.9 Å². The fraction of sp³-hybridized carbons (Fsp3) is 0.488. The van der Waals surface area contributed by atoms with E-state index in [2.05, 4.69) is 20.0 Å². The molecule has 0 spiro atoms. The second kappa shape index (κ2) is 21.0. The van der Waals surface area contributed by atoms with E-state index in [1.54, 1.807) is 14.7 Å². The van der Waals surface area contributed by atoms with E-state index in [-0.39, 0.29) is 83.7 Å². The monoisotopic (exact) mass is 880 g/mol. The summed E-state index contributed by atoms with van der Waals surface area (Å²) in [7, 11) is 0. The number of fused-ring (bicyclic) bond motifs is 2. The van der Waals surface area contributed by atoms with Crippen molar-refractivity contribution in [3.8, 4) is 0 Å². The standard InChI is InChI=1S/C41H52F4N14O4/c42-8-12-55-11-7-32(60)27-23-30(44)37(51-35(27)55)56-16-14-54(15-17-56)33(47)22-26(46)6-4-2-1-3-5-10-50-40(48)53-41(49)58-20-18-57(19-21-58)38-31(45)24-28-34(61)29(39(62)63)25-59(13-9-43)36(28)52-38/h7,11,23-25,46-47H,1-6,8-10,12-22H2,(H,62,63)(H4,48,49,50,53). The van der Waals surface area contributed by atoms with Crippen LogP contribution in [0.25, 0.3) is 22.1 Å². The van der Waals surface area contributed by atoms with Crippen LogP contribution in [0, 0.1) is 22.5 Å². The Labute approximate surface area is 359 Å². The van der Waals surface area contributed by atoms with E-state index >= 15 is 8.78 Å². The normalized spacial score (nSPS) is 15.2. The average Bonchev–Trinajstić information content (AvgIpc) is 3.26. The van der Waals surface area contributed by atoms with E-state index in [0.717, 1.165) is 50.4 Å². The van der Waals surface area contributed by atoms with Crippen molar-refractivity contribution >= 4 is 63.1 Å². The summed E-state index contributed by atoms with van der Waals surface area (Å²) in [5.41, 5.74) is 11.0. The van der Waals surface area contributed by atoms with E-state index in [0.29, 0.717) is 63.8 Å². The van der Waals surface area contributed by atoms with Crippen molar-refractivity contribution in [3.05, 3.63) is 68.2 Å². The molecule has 7 N–H and O–H groups in total. The number of hydrogen-bond donors (Lipinski definition) is 5. The van der Waals surface area contributed by atoms with Crippen molar-refractivity contribution in [1.29, 1.82) is 10.8 Å². The van der Waals surface area contributed by atoms with E-state index < -0.39 is 41.9 Å². The number of aliphatic imine (C=N–C) groups is 2. The molecule has 2 fully saturated rings. The molecule has 2 aliphatic heterocycles. The fourth-order valence-electron chi connectivity index (χ4n) is 7.73. The number of pyridine rings is 4. The lowest BCUT2D eigenvalue weighted by atomic mass is 10.1. The Bertz CT molecular complexity index is 2510. The number of halogens is 4. The Balaban J connectivity index is 0.869. The van der Waals surface area contributed by atoms with Gasteiger partial charge in [-0.25, -0.2) is 32.3 Å². The first-order valence-electron chi connectivity index (χ1n) is 20.9. The van der Waals surface area contributed by atoms with Gasteiger partial charge in [-0.05, 0) is 31.4 Å². The lowest BCUT2D eigenvalue weighted by Gasteiger charge is -2.37. The number of rotatable bonds is 17. The van der Waals surface area contributed by atoms with Gasteiger partial charge in [0.15, 0.2) is 34.7 Å². The number of nitrogens with zero attached hydrogens (tertiary/aromatic N) is 10. The topological polar surface area (TPSA) is 244 Å². The molecule has 0 saturated carbocycles. The van der Waals surface area contributed by atoms with Crippen LogP contribution < -0.4 is 32.1 Å². The molecule has 6 heterocycles. The molecule has 2 saturated heterocycles. The SMILES string of the molecule is N=C(CCCCCCCN=C(N)N=C(N)N1CCN(c2nc3c(cc2F)c(=O)c(C(=O)O)cn3CCF)CC1)CC(=N)N1CCN(c2nc3c(cc2F)c(=O)ccn3CCF)CC1. The zero-order chi connectivity index (χ0) is 45.2. The number of amidine groups is 1. The number of nitrogens with one attached hydrogen (secondary N) is 2. The molecule has 0 amide bonds. The maximum atomic E-state index is 15.2. The maximum absolute atomic E-state index is 15.2. The fourth-order valence-corrected chi connectivity index (χ4v) is 7.73. The minimum absolute atomic E-state index is 0.00187. The first-order valence-corrected chi connectivity index (χ1v) is 20.9. The number of carboxylic acid groups (broad SMARTS) is 1. The lowest BCUT2D eigenvalue weighted by molar-refractivity contribution is 0.0694. The molecule has 63 heavy (non-hydrogen) atoms. The minimum atomic E-state index is -1.50. The van der Waals surface area contributed by atoms with Crippen LogP contribution >= 0.6 is 0 Å². The number of nitrogens with two attached hydrogens (primary N) is 2. The Kier molecular flexibility index (Phi) is 15.3. The molecular formula is C41H52F4N14O4. The molecule has 0 radical (unpaired) electrons. The van der Waals surface area contributed by atoms with Crippen molar-refractivity contribution < 1.29 is 27.5 Å². The third-order valence-electron chi connectivity index (χ3n) is 11.1.